The number of H-pyrrole nitrogens is 1. The average Bonchev–Trinajstić information content (AvgIpc) is 3.36. The Bertz CT molecular complexity index is 1470. The van der Waals surface area contributed by atoms with Gasteiger partial charge in [-0.05, 0) is 61.4 Å². The Morgan fingerprint density at radius 1 is 1.17 bits per heavy atom. The second kappa shape index (κ2) is 9.53. The number of hydrogen-bond donors (Lipinski definition) is 1. The topological polar surface area (TPSA) is 103 Å². The molecular weight excluding hydrogens is 467 g/mol. The highest BCUT2D eigenvalue weighted by Gasteiger charge is 2.30. The molecule has 4 aromatic rings. The van der Waals surface area contributed by atoms with Gasteiger partial charge in [-0.3, -0.25) is 0 Å². The van der Waals surface area contributed by atoms with E-state index in [-0.39, 0.29) is 19.0 Å². The van der Waals surface area contributed by atoms with Crippen LogP contribution in [-0.2, 0) is 19.3 Å². The number of nitrogens with one attached hydrogen (secondary N) is 1. The van der Waals surface area contributed by atoms with E-state index in [1.54, 1.807) is 31.2 Å². The molecule has 0 unspecified atom stereocenters. The van der Waals surface area contributed by atoms with E-state index in [0.717, 1.165) is 28.0 Å². The summed E-state index contributed by atoms with van der Waals surface area (Å²) in [6.07, 6.45) is -2.68. The maximum atomic E-state index is 12.8. The van der Waals surface area contributed by atoms with Crippen LogP contribution in [-0.4, -0.2) is 14.7 Å². The first-order valence-electron chi connectivity index (χ1n) is 10.4. The van der Waals surface area contributed by atoms with E-state index in [1.807, 2.05) is 18.0 Å². The van der Waals surface area contributed by atoms with E-state index in [4.69, 9.17) is 13.7 Å². The fraction of sp³-hybridized carbons (Fsp3) is 0.208. The van der Waals surface area contributed by atoms with Crippen molar-refractivity contribution in [3.63, 3.8) is 0 Å². The van der Waals surface area contributed by atoms with Gasteiger partial charge in [0.1, 0.15) is 23.8 Å². The molecule has 0 aliphatic heterocycles. The second-order valence-corrected chi connectivity index (χ2v) is 7.67. The van der Waals surface area contributed by atoms with Crippen molar-refractivity contribution in [3.05, 3.63) is 98.2 Å². The fourth-order valence-electron chi connectivity index (χ4n) is 3.24. The Morgan fingerprint density at radius 3 is 2.57 bits per heavy atom. The first-order chi connectivity index (χ1) is 16.6. The van der Waals surface area contributed by atoms with Gasteiger partial charge in [0, 0.05) is 5.56 Å². The van der Waals surface area contributed by atoms with Gasteiger partial charge in [-0.1, -0.05) is 18.2 Å². The number of aryl methyl sites for hydroxylation is 1. The largest absolute Gasteiger partial charge is 0.487 e. The second-order valence-electron chi connectivity index (χ2n) is 7.67. The summed E-state index contributed by atoms with van der Waals surface area (Å²) in [5, 5.41) is 0. The molecule has 8 nitrogen and oxygen atoms in total. The lowest BCUT2D eigenvalue weighted by molar-refractivity contribution is -0.137. The van der Waals surface area contributed by atoms with Crippen LogP contribution in [0.1, 0.15) is 29.5 Å². The molecule has 35 heavy (non-hydrogen) atoms. The SMILES string of the molecule is C/C(=C\Cn1oc(=O)[nH]c1=O)c1cccc(OCc2nc(-c3ccc(C(F)(F)F)cc3)oc2C)c1. The van der Waals surface area contributed by atoms with E-state index in [2.05, 4.69) is 4.98 Å². The van der Waals surface area contributed by atoms with Crippen LogP contribution < -0.4 is 16.2 Å². The Labute approximate surface area is 196 Å². The lowest BCUT2D eigenvalue weighted by Gasteiger charge is -2.08. The summed E-state index contributed by atoms with van der Waals surface area (Å²) in [7, 11) is 0. The first kappa shape index (κ1) is 23.9. The zero-order valence-corrected chi connectivity index (χ0v) is 18.7. The van der Waals surface area contributed by atoms with E-state index in [9.17, 15) is 22.8 Å². The molecule has 2 aromatic heterocycles. The number of oxazole rings is 1. The third-order valence-corrected chi connectivity index (χ3v) is 5.21. The highest BCUT2D eigenvalue weighted by Crippen LogP contribution is 2.31. The maximum absolute atomic E-state index is 12.8. The highest BCUT2D eigenvalue weighted by molar-refractivity contribution is 5.64. The minimum atomic E-state index is -4.41. The number of hydrogen-bond acceptors (Lipinski definition) is 6. The number of benzene rings is 2. The normalized spacial score (nSPS) is 12.2. The molecule has 1 N–H and O–H groups in total. The molecule has 4 rings (SSSR count). The van der Waals surface area contributed by atoms with Crippen molar-refractivity contribution in [3.8, 4) is 17.2 Å². The predicted octanol–water partition coefficient (Wildman–Crippen LogP) is 4.79. The van der Waals surface area contributed by atoms with Gasteiger partial charge in [-0.2, -0.15) is 13.2 Å². The number of alkyl halides is 3. The molecular formula is C24H20F3N3O5. The molecule has 0 bridgehead atoms. The molecule has 0 fully saturated rings. The van der Waals surface area contributed by atoms with E-state index >= 15 is 0 Å². The summed E-state index contributed by atoms with van der Waals surface area (Å²) in [5.74, 6) is 0.430. The molecule has 0 aliphatic carbocycles. The van der Waals surface area contributed by atoms with Gasteiger partial charge in [-0.25, -0.2) is 19.6 Å². The summed E-state index contributed by atoms with van der Waals surface area (Å²) in [4.78, 5) is 29.0. The van der Waals surface area contributed by atoms with Crippen LogP contribution in [0.4, 0.5) is 13.2 Å². The van der Waals surface area contributed by atoms with Crippen LogP contribution in [0.2, 0.25) is 0 Å². The van der Waals surface area contributed by atoms with E-state index < -0.39 is 23.2 Å². The molecule has 182 valence electrons. The minimum absolute atomic E-state index is 0.0827. The van der Waals surface area contributed by atoms with Gasteiger partial charge in [0.2, 0.25) is 5.89 Å². The van der Waals surface area contributed by atoms with Gasteiger partial charge in [0.15, 0.2) is 0 Å². The third-order valence-electron chi connectivity index (χ3n) is 5.21. The zero-order valence-electron chi connectivity index (χ0n) is 18.7. The molecule has 2 aromatic carbocycles. The quantitative estimate of drug-likeness (QED) is 0.402. The van der Waals surface area contributed by atoms with Crippen LogP contribution in [0.15, 0.2) is 73.1 Å². The summed E-state index contributed by atoms with van der Waals surface area (Å²) in [6.45, 7) is 3.71. The number of aromatic amines is 1. The summed E-state index contributed by atoms with van der Waals surface area (Å²) in [5.41, 5.74) is 1.22. The van der Waals surface area contributed by atoms with Crippen molar-refractivity contribution < 1.29 is 26.8 Å². The van der Waals surface area contributed by atoms with Gasteiger partial charge in [0.25, 0.3) is 0 Å². The van der Waals surface area contributed by atoms with Gasteiger partial charge >= 0.3 is 17.6 Å². The monoisotopic (exact) mass is 487 g/mol. The van der Waals surface area contributed by atoms with E-state index in [0.29, 0.717) is 22.8 Å². The number of aromatic nitrogens is 3. The number of ether oxygens (including phenoxy) is 1. The van der Waals surface area contributed by atoms with Crippen LogP contribution in [0.25, 0.3) is 17.0 Å². The minimum Gasteiger partial charge on any atom is -0.487 e. The van der Waals surface area contributed by atoms with Crippen LogP contribution in [0, 0.1) is 6.92 Å². The summed E-state index contributed by atoms with van der Waals surface area (Å²) < 4.78 is 55.4. The molecule has 0 radical (unpaired) electrons. The molecule has 0 saturated heterocycles. The predicted molar refractivity (Wildman–Crippen MR) is 120 cm³/mol. The smallest absolute Gasteiger partial charge is 0.440 e. The Kier molecular flexibility index (Phi) is 6.50. The lowest BCUT2D eigenvalue weighted by Crippen LogP contribution is -2.15. The molecule has 0 saturated carbocycles. The van der Waals surface area contributed by atoms with Crippen molar-refractivity contribution in [2.24, 2.45) is 0 Å². The van der Waals surface area contributed by atoms with Crippen molar-refractivity contribution in [1.29, 1.82) is 0 Å². The lowest BCUT2D eigenvalue weighted by atomic mass is 10.1. The van der Waals surface area contributed by atoms with Crippen LogP contribution >= 0.6 is 0 Å². The molecule has 2 heterocycles. The van der Waals surface area contributed by atoms with E-state index in [1.165, 1.54) is 12.1 Å². The van der Waals surface area contributed by atoms with Gasteiger partial charge < -0.3 is 13.7 Å². The Balaban J connectivity index is 1.44. The third kappa shape index (κ3) is 5.62. The molecule has 0 spiro atoms. The highest BCUT2D eigenvalue weighted by atomic mass is 19.4. The van der Waals surface area contributed by atoms with Crippen molar-refractivity contribution in [2.75, 3.05) is 0 Å². The molecule has 0 amide bonds. The zero-order chi connectivity index (χ0) is 25.2. The van der Waals surface area contributed by atoms with Crippen molar-refractivity contribution in [1.82, 2.24) is 14.7 Å². The standard InChI is InChI=1S/C24H20F3N3O5/c1-14(10-11-30-22(31)29-23(32)35-30)17-4-3-5-19(12-17)33-13-20-15(2)34-21(28-20)16-6-8-18(9-7-16)24(25,26)27/h3-10,12H,11,13H2,1-2H3,(H,29,31,32)/b14-10+. The fourth-order valence-corrected chi connectivity index (χ4v) is 3.24. The first-order valence-corrected chi connectivity index (χ1v) is 10.4. The molecule has 0 atom stereocenters. The van der Waals surface area contributed by atoms with Gasteiger partial charge in [0.05, 0.1) is 12.1 Å². The molecule has 0 aliphatic rings. The number of halogens is 3. The Morgan fingerprint density at radius 2 is 1.91 bits per heavy atom. The summed E-state index contributed by atoms with van der Waals surface area (Å²) >= 11 is 0. The van der Waals surface area contributed by atoms with Gasteiger partial charge in [-0.15, -0.1) is 4.74 Å². The Hall–Kier alpha value is -4.28. The molecule has 11 heteroatoms. The van der Waals surface area contributed by atoms with Crippen molar-refractivity contribution >= 4 is 5.57 Å². The van der Waals surface area contributed by atoms with Crippen LogP contribution in [0.3, 0.4) is 0 Å². The maximum Gasteiger partial charge on any atom is 0.440 e. The number of nitrogens with zero attached hydrogens (tertiary/aromatic N) is 2. The van der Waals surface area contributed by atoms with Crippen molar-refractivity contribution in [2.45, 2.75) is 33.2 Å². The number of allylic oxidation sites excluding steroid dienone is 2. The average molecular weight is 487 g/mol. The number of rotatable bonds is 7. The summed E-state index contributed by atoms with van der Waals surface area (Å²) in [6, 6.07) is 11.8. The van der Waals surface area contributed by atoms with Crippen LogP contribution in [0.5, 0.6) is 5.75 Å².